The predicted molar refractivity (Wildman–Crippen MR) is 257 cm³/mol. The minimum atomic E-state index is -0.321. The highest BCUT2D eigenvalue weighted by Gasteiger charge is 2.31. The first-order chi connectivity index (χ1) is 30.6. The Kier molecular flexibility index (Phi) is 10.6. The van der Waals surface area contributed by atoms with E-state index in [1.54, 1.807) is 0 Å². The van der Waals surface area contributed by atoms with Crippen LogP contribution in [0.1, 0.15) is 40.4 Å². The molecule has 0 aromatic heterocycles. The smallest absolute Gasteiger partial charge is 0.159 e. The van der Waals surface area contributed by atoms with Crippen LogP contribution in [0.3, 0.4) is 0 Å². The molecule has 300 valence electrons. The van der Waals surface area contributed by atoms with Crippen LogP contribution in [0.2, 0.25) is 0 Å². The van der Waals surface area contributed by atoms with E-state index in [4.69, 9.17) is 20.0 Å². The van der Waals surface area contributed by atoms with Crippen molar-refractivity contribution in [3.63, 3.8) is 0 Å². The van der Waals surface area contributed by atoms with Gasteiger partial charge >= 0.3 is 0 Å². The highest BCUT2D eigenvalue weighted by molar-refractivity contribution is 6.14. The van der Waals surface area contributed by atoms with Crippen LogP contribution in [0.5, 0.6) is 0 Å². The van der Waals surface area contributed by atoms with E-state index in [1.165, 1.54) is 11.1 Å². The maximum Gasteiger partial charge on any atom is 0.159 e. The van der Waals surface area contributed by atoms with Gasteiger partial charge in [0, 0.05) is 42.3 Å². The first kappa shape index (κ1) is 38.5. The van der Waals surface area contributed by atoms with Crippen molar-refractivity contribution in [3.05, 3.63) is 240 Å². The molecule has 0 saturated carbocycles. The summed E-state index contributed by atoms with van der Waals surface area (Å²) in [7, 11) is 4.20. The van der Waals surface area contributed by atoms with Gasteiger partial charge in [-0.05, 0) is 57.5 Å². The molecule has 3 aliphatic rings. The summed E-state index contributed by atoms with van der Waals surface area (Å²) in [4.78, 5) is 25.6. The number of aliphatic imine (C=N–C) groups is 4. The van der Waals surface area contributed by atoms with Crippen molar-refractivity contribution in [1.29, 1.82) is 0 Å². The number of amidine groups is 4. The summed E-state index contributed by atoms with van der Waals surface area (Å²) in [6, 6.07) is 66.0. The average Bonchev–Trinajstić information content (AvgIpc) is 3.35. The minimum absolute atomic E-state index is 0.0836. The zero-order valence-corrected chi connectivity index (χ0v) is 34.8. The summed E-state index contributed by atoms with van der Waals surface area (Å²) in [5, 5.41) is 0. The molecule has 62 heavy (non-hydrogen) atoms. The Hall–Kier alpha value is -7.70. The van der Waals surface area contributed by atoms with E-state index < -0.39 is 0 Å². The molecule has 0 saturated heterocycles. The Morgan fingerprint density at radius 2 is 0.871 bits per heavy atom. The lowest BCUT2D eigenvalue weighted by atomic mass is 9.95. The van der Waals surface area contributed by atoms with Gasteiger partial charge in [0.1, 0.15) is 17.8 Å². The second-order valence-corrected chi connectivity index (χ2v) is 16.0. The van der Waals surface area contributed by atoms with Gasteiger partial charge in [-0.15, -0.1) is 0 Å². The summed E-state index contributed by atoms with van der Waals surface area (Å²) in [5.74, 6) is 3.47. The second kappa shape index (κ2) is 17.1. The summed E-state index contributed by atoms with van der Waals surface area (Å²) >= 11 is 0. The summed E-state index contributed by atoms with van der Waals surface area (Å²) in [6.07, 6.45) is 9.27. The third kappa shape index (κ3) is 7.86. The van der Waals surface area contributed by atoms with E-state index in [0.29, 0.717) is 5.84 Å². The van der Waals surface area contributed by atoms with Crippen molar-refractivity contribution >= 4 is 23.3 Å². The van der Waals surface area contributed by atoms with Crippen LogP contribution >= 0.6 is 0 Å². The molecule has 3 unspecified atom stereocenters. The Morgan fingerprint density at radius 3 is 1.48 bits per heavy atom. The molecular formula is C56H46N6. The number of rotatable bonds is 9. The summed E-state index contributed by atoms with van der Waals surface area (Å²) < 4.78 is 0. The summed E-state index contributed by atoms with van der Waals surface area (Å²) in [5.41, 5.74) is 12.0. The fourth-order valence-electron chi connectivity index (χ4n) is 8.58. The maximum absolute atomic E-state index is 5.37. The van der Waals surface area contributed by atoms with Crippen LogP contribution in [0.25, 0.3) is 33.4 Å². The molecule has 2 aliphatic heterocycles. The Bertz CT molecular complexity index is 2890. The Labute approximate surface area is 364 Å². The molecule has 10 rings (SSSR count). The molecule has 2 heterocycles. The lowest BCUT2D eigenvalue weighted by Crippen LogP contribution is -2.44. The number of benzene rings is 7. The van der Waals surface area contributed by atoms with Crippen molar-refractivity contribution in [2.75, 3.05) is 14.1 Å². The van der Waals surface area contributed by atoms with Crippen molar-refractivity contribution in [2.45, 2.75) is 18.8 Å². The second-order valence-electron chi connectivity index (χ2n) is 16.0. The zero-order chi connectivity index (χ0) is 41.8. The molecule has 0 spiro atoms. The SMILES string of the molecule is CN1C(c2ccc(-c3ccccc3)cc2)=NC(c2ccc(-c3ccccc3)cc2)=NC1c1cccc(-c2cccc(C3=NC(C4C=CC=CC4)N(C)C(c4ccccc4)=N3)c2)c1. The van der Waals surface area contributed by atoms with E-state index in [-0.39, 0.29) is 18.2 Å². The van der Waals surface area contributed by atoms with Gasteiger partial charge in [-0.3, -0.25) is 0 Å². The third-order valence-electron chi connectivity index (χ3n) is 11.9. The lowest BCUT2D eigenvalue weighted by molar-refractivity contribution is 0.300. The normalized spacial score (nSPS) is 18.5. The van der Waals surface area contributed by atoms with Gasteiger partial charge in [0.05, 0.1) is 0 Å². The average molecular weight is 803 g/mol. The molecule has 0 fully saturated rings. The van der Waals surface area contributed by atoms with Crippen LogP contribution in [-0.4, -0.2) is 53.4 Å². The van der Waals surface area contributed by atoms with Crippen LogP contribution < -0.4 is 0 Å². The van der Waals surface area contributed by atoms with Crippen molar-refractivity contribution < 1.29 is 0 Å². The molecule has 6 nitrogen and oxygen atoms in total. The van der Waals surface area contributed by atoms with Crippen LogP contribution in [0.15, 0.2) is 232 Å². The van der Waals surface area contributed by atoms with E-state index in [9.17, 15) is 0 Å². The Balaban J connectivity index is 1.01. The first-order valence-corrected chi connectivity index (χ1v) is 21.3. The number of hydrogen-bond donors (Lipinski definition) is 0. The lowest BCUT2D eigenvalue weighted by Gasteiger charge is -2.36. The highest BCUT2D eigenvalue weighted by atomic mass is 15.3. The molecule has 7 aromatic rings. The topological polar surface area (TPSA) is 55.9 Å². The fraction of sp³-hybridized carbons (Fsp3) is 0.107. The minimum Gasteiger partial charge on any atom is -0.336 e. The van der Waals surface area contributed by atoms with Crippen molar-refractivity contribution in [2.24, 2.45) is 25.9 Å². The largest absolute Gasteiger partial charge is 0.336 e. The molecule has 0 N–H and O–H groups in total. The predicted octanol–water partition coefficient (Wildman–Crippen LogP) is 12.1. The van der Waals surface area contributed by atoms with Gasteiger partial charge in [0.25, 0.3) is 0 Å². The molecule has 3 atom stereocenters. The van der Waals surface area contributed by atoms with Crippen LogP contribution in [0.4, 0.5) is 0 Å². The Morgan fingerprint density at radius 1 is 0.403 bits per heavy atom. The van der Waals surface area contributed by atoms with E-state index >= 15 is 0 Å². The molecule has 0 bridgehead atoms. The van der Waals surface area contributed by atoms with Gasteiger partial charge in [-0.1, -0.05) is 200 Å². The quantitative estimate of drug-likeness (QED) is 0.146. The van der Waals surface area contributed by atoms with Crippen molar-refractivity contribution in [1.82, 2.24) is 9.80 Å². The monoisotopic (exact) mass is 802 g/mol. The van der Waals surface area contributed by atoms with Gasteiger partial charge in [0.2, 0.25) is 0 Å². The zero-order valence-electron chi connectivity index (χ0n) is 34.8. The van der Waals surface area contributed by atoms with Gasteiger partial charge < -0.3 is 9.80 Å². The van der Waals surface area contributed by atoms with Crippen LogP contribution in [0, 0.1) is 5.92 Å². The molecule has 1 aliphatic carbocycles. The third-order valence-corrected chi connectivity index (χ3v) is 11.9. The van der Waals surface area contributed by atoms with E-state index in [2.05, 4.69) is 218 Å². The van der Waals surface area contributed by atoms with Gasteiger partial charge in [-0.25, -0.2) is 20.0 Å². The molecule has 6 heteroatoms. The maximum atomic E-state index is 5.37. The fourth-order valence-corrected chi connectivity index (χ4v) is 8.58. The van der Waals surface area contributed by atoms with E-state index in [1.807, 2.05) is 18.2 Å². The molecule has 0 amide bonds. The number of hydrogen-bond acceptors (Lipinski definition) is 6. The number of allylic oxidation sites excluding steroid dienone is 3. The summed E-state index contributed by atoms with van der Waals surface area (Å²) in [6.45, 7) is 0. The van der Waals surface area contributed by atoms with Gasteiger partial charge in [-0.2, -0.15) is 0 Å². The standard InChI is InChI=1S/C56H46N6/c1-61-53(44-21-11-5-12-22-44)59-52(60-54(61)45-23-13-6-14-24-45)49-27-15-25-47(37-49)48-26-16-28-50(38-48)56-58-51(43-33-29-41(30-34-43)39-17-7-3-8-18-39)57-55(62(56)2)46-35-31-42(32-36-46)40-19-9-4-10-20-40/h3-23,25-38,45,54,56H,24H2,1-2H3. The van der Waals surface area contributed by atoms with E-state index in [0.717, 1.165) is 74.0 Å². The van der Waals surface area contributed by atoms with Gasteiger partial charge in [0.15, 0.2) is 17.8 Å². The van der Waals surface area contributed by atoms with Crippen molar-refractivity contribution in [3.8, 4) is 33.4 Å². The highest BCUT2D eigenvalue weighted by Crippen LogP contribution is 2.34. The first-order valence-electron chi connectivity index (χ1n) is 21.3. The van der Waals surface area contributed by atoms with Crippen LogP contribution in [-0.2, 0) is 0 Å². The molecule has 0 radical (unpaired) electrons. The number of nitrogens with zero attached hydrogens (tertiary/aromatic N) is 6. The molecular weight excluding hydrogens is 757 g/mol. The molecule has 7 aromatic carbocycles.